The van der Waals surface area contributed by atoms with Gasteiger partial charge in [-0.3, -0.25) is 4.79 Å². The van der Waals surface area contributed by atoms with Gasteiger partial charge in [0.15, 0.2) is 0 Å². The summed E-state index contributed by atoms with van der Waals surface area (Å²) in [5.74, 6) is 0.573. The number of carbonyl (C=O) groups excluding carboxylic acids is 1. The van der Waals surface area contributed by atoms with Crippen molar-refractivity contribution in [1.82, 2.24) is 20.2 Å². The normalized spacial score (nSPS) is 18.1. The molecule has 9 heteroatoms. The zero-order valence-corrected chi connectivity index (χ0v) is 20.9. The van der Waals surface area contributed by atoms with E-state index in [2.05, 4.69) is 32.7 Å². The summed E-state index contributed by atoms with van der Waals surface area (Å²) >= 11 is 0. The van der Waals surface area contributed by atoms with E-state index >= 15 is 0 Å². The number of pyridine rings is 1. The van der Waals surface area contributed by atoms with Crippen LogP contribution in [0.25, 0.3) is 11.5 Å². The van der Waals surface area contributed by atoms with Gasteiger partial charge in [0, 0.05) is 36.5 Å². The number of likely N-dealkylation sites (tertiary alicyclic amines) is 1. The highest BCUT2D eigenvalue weighted by atomic mass is 16.4. The number of benzene rings is 1. The van der Waals surface area contributed by atoms with Crippen LogP contribution in [-0.2, 0) is 17.6 Å². The molecule has 5 rings (SSSR count). The van der Waals surface area contributed by atoms with Crippen LogP contribution in [0.2, 0.25) is 0 Å². The summed E-state index contributed by atoms with van der Waals surface area (Å²) in [6, 6.07) is 10.2. The molecule has 1 saturated heterocycles. The Bertz CT molecular complexity index is 1230. The zero-order valence-electron chi connectivity index (χ0n) is 20.9. The van der Waals surface area contributed by atoms with E-state index in [1.165, 1.54) is 18.0 Å². The first kappa shape index (κ1) is 25.0. The predicted octanol–water partition coefficient (Wildman–Crippen LogP) is 3.62. The number of hydrogen-bond acceptors (Lipinski definition) is 7. The van der Waals surface area contributed by atoms with Gasteiger partial charge in [-0.2, -0.15) is 0 Å². The minimum Gasteiger partial charge on any atom is -0.480 e. The average molecular weight is 504 g/mol. The highest BCUT2D eigenvalue weighted by Crippen LogP contribution is 2.24. The lowest BCUT2D eigenvalue weighted by atomic mass is 10.00. The molecule has 1 aromatic carbocycles. The van der Waals surface area contributed by atoms with Gasteiger partial charge >= 0.3 is 5.97 Å². The van der Waals surface area contributed by atoms with Crippen molar-refractivity contribution < 1.29 is 19.1 Å². The Kier molecular flexibility index (Phi) is 7.79. The smallest absolute Gasteiger partial charge is 0.326 e. The van der Waals surface area contributed by atoms with Crippen LogP contribution in [0.15, 0.2) is 53.3 Å². The van der Waals surface area contributed by atoms with Crippen LogP contribution in [0, 0.1) is 5.92 Å². The fraction of sp³-hybridized carbons (Fsp3) is 0.429. The molecular formula is C28H33N5O4. The number of aliphatic carboxylic acids is 1. The van der Waals surface area contributed by atoms with Crippen molar-refractivity contribution in [3.05, 3.63) is 65.7 Å². The van der Waals surface area contributed by atoms with E-state index in [1.54, 1.807) is 24.3 Å². The fourth-order valence-corrected chi connectivity index (χ4v) is 5.18. The van der Waals surface area contributed by atoms with Crippen LogP contribution in [-0.4, -0.2) is 64.1 Å². The molecule has 2 atom stereocenters. The largest absolute Gasteiger partial charge is 0.480 e. The lowest BCUT2D eigenvalue weighted by molar-refractivity contribution is -0.139. The number of carboxylic acid groups (broad SMARTS) is 1. The molecule has 1 unspecified atom stereocenters. The third-order valence-corrected chi connectivity index (χ3v) is 7.27. The lowest BCUT2D eigenvalue weighted by Gasteiger charge is -2.20. The second kappa shape index (κ2) is 11.6. The SMILES string of the molecule is O=C(NC(CCN1CC[C@@H](CCc2ccc3c(n2)NCCC3)C1)C(=O)O)c1cccc(-c2ncco2)c1. The van der Waals surface area contributed by atoms with Crippen LogP contribution in [0.5, 0.6) is 0 Å². The fourth-order valence-electron chi connectivity index (χ4n) is 5.18. The van der Waals surface area contributed by atoms with Gasteiger partial charge in [-0.15, -0.1) is 0 Å². The second-order valence-corrected chi connectivity index (χ2v) is 9.91. The molecule has 3 aromatic rings. The molecule has 0 bridgehead atoms. The molecule has 194 valence electrons. The maximum Gasteiger partial charge on any atom is 0.326 e. The van der Waals surface area contributed by atoms with Gasteiger partial charge in [-0.25, -0.2) is 14.8 Å². The van der Waals surface area contributed by atoms with Gasteiger partial charge in [0.25, 0.3) is 5.91 Å². The third-order valence-electron chi connectivity index (χ3n) is 7.27. The Morgan fingerprint density at radius 2 is 2.19 bits per heavy atom. The number of rotatable bonds is 10. The first-order chi connectivity index (χ1) is 18.0. The highest BCUT2D eigenvalue weighted by molar-refractivity contribution is 5.97. The number of oxazole rings is 1. The van der Waals surface area contributed by atoms with Crippen molar-refractivity contribution in [2.45, 2.75) is 44.6 Å². The number of nitrogens with zero attached hydrogens (tertiary/aromatic N) is 3. The number of carboxylic acids is 1. The lowest BCUT2D eigenvalue weighted by Crippen LogP contribution is -2.43. The number of anilines is 1. The topological polar surface area (TPSA) is 121 Å². The molecule has 0 aliphatic carbocycles. The van der Waals surface area contributed by atoms with Gasteiger partial charge in [-0.1, -0.05) is 12.1 Å². The number of hydrogen-bond donors (Lipinski definition) is 3. The number of amides is 1. The van der Waals surface area contributed by atoms with Gasteiger partial charge in [0.05, 0.1) is 6.20 Å². The molecule has 3 N–H and O–H groups in total. The van der Waals surface area contributed by atoms with Crippen molar-refractivity contribution in [3.8, 4) is 11.5 Å². The van der Waals surface area contributed by atoms with E-state index in [9.17, 15) is 14.7 Å². The van der Waals surface area contributed by atoms with Gasteiger partial charge in [0.2, 0.25) is 5.89 Å². The first-order valence-corrected chi connectivity index (χ1v) is 13.0. The Labute approximate surface area is 216 Å². The van der Waals surface area contributed by atoms with E-state index in [4.69, 9.17) is 9.40 Å². The third kappa shape index (κ3) is 6.35. The molecule has 1 fully saturated rings. The first-order valence-electron chi connectivity index (χ1n) is 13.0. The number of aryl methyl sites for hydroxylation is 2. The summed E-state index contributed by atoms with van der Waals surface area (Å²) in [6.07, 6.45) is 8.73. The van der Waals surface area contributed by atoms with Crippen LogP contribution >= 0.6 is 0 Å². The van der Waals surface area contributed by atoms with Crippen molar-refractivity contribution in [2.24, 2.45) is 5.92 Å². The van der Waals surface area contributed by atoms with Crippen LogP contribution in [0.3, 0.4) is 0 Å². The van der Waals surface area contributed by atoms with E-state index in [0.29, 0.717) is 35.9 Å². The maximum absolute atomic E-state index is 12.8. The molecule has 2 aliphatic heterocycles. The number of fused-ring (bicyclic) bond motifs is 1. The Balaban J connectivity index is 1.09. The van der Waals surface area contributed by atoms with Crippen LogP contribution < -0.4 is 10.6 Å². The van der Waals surface area contributed by atoms with E-state index in [1.807, 2.05) is 0 Å². The van der Waals surface area contributed by atoms with Crippen LogP contribution in [0.1, 0.15) is 47.3 Å². The summed E-state index contributed by atoms with van der Waals surface area (Å²) < 4.78 is 5.29. The minimum absolute atomic E-state index is 0.352. The van der Waals surface area contributed by atoms with Crippen LogP contribution in [0.4, 0.5) is 5.82 Å². The maximum atomic E-state index is 12.8. The van der Waals surface area contributed by atoms with Gasteiger partial charge in [-0.05, 0) is 80.8 Å². The molecule has 0 radical (unpaired) electrons. The van der Waals surface area contributed by atoms with Crippen molar-refractivity contribution in [2.75, 3.05) is 31.5 Å². The average Bonchev–Trinajstić information content (AvgIpc) is 3.62. The number of aromatic nitrogens is 2. The van der Waals surface area contributed by atoms with Gasteiger partial charge in [0.1, 0.15) is 18.1 Å². The molecule has 2 aliphatic rings. The van der Waals surface area contributed by atoms with Crippen molar-refractivity contribution in [1.29, 1.82) is 0 Å². The number of nitrogens with one attached hydrogen (secondary N) is 2. The predicted molar refractivity (Wildman–Crippen MR) is 139 cm³/mol. The van der Waals surface area contributed by atoms with Crippen molar-refractivity contribution >= 4 is 17.7 Å². The minimum atomic E-state index is -1.03. The Morgan fingerprint density at radius 1 is 1.27 bits per heavy atom. The highest BCUT2D eigenvalue weighted by Gasteiger charge is 2.26. The molecule has 2 aromatic heterocycles. The standard InChI is InChI=1S/C28H33N5O4/c34-26(21-3-1-4-22(17-21)27-30-13-16-37-27)32-24(28(35)36)11-15-33-14-10-19(18-33)6-8-23-9-7-20-5-2-12-29-25(20)31-23/h1,3-4,7,9,13,16-17,19,24H,2,5-6,8,10-12,14-15,18H2,(H,29,31)(H,32,34)(H,35,36)/t19-,24?/m1/s1. The summed E-state index contributed by atoms with van der Waals surface area (Å²) in [6.45, 7) is 3.52. The monoisotopic (exact) mass is 503 g/mol. The molecular weight excluding hydrogens is 470 g/mol. The Morgan fingerprint density at radius 3 is 3.03 bits per heavy atom. The quantitative estimate of drug-likeness (QED) is 0.384. The number of carbonyl (C=O) groups is 2. The molecule has 37 heavy (non-hydrogen) atoms. The van der Waals surface area contributed by atoms with E-state index in [-0.39, 0.29) is 0 Å². The molecule has 4 heterocycles. The Hall–Kier alpha value is -3.72. The summed E-state index contributed by atoms with van der Waals surface area (Å²) in [5, 5.41) is 15.8. The van der Waals surface area contributed by atoms with E-state index in [0.717, 1.165) is 63.3 Å². The molecule has 1 amide bonds. The van der Waals surface area contributed by atoms with Crippen molar-refractivity contribution in [3.63, 3.8) is 0 Å². The van der Waals surface area contributed by atoms with Gasteiger partial charge < -0.3 is 25.1 Å². The summed E-state index contributed by atoms with van der Waals surface area (Å²) in [5.41, 5.74) is 3.47. The van der Waals surface area contributed by atoms with E-state index < -0.39 is 17.9 Å². The molecule has 9 nitrogen and oxygen atoms in total. The zero-order chi connectivity index (χ0) is 25.6. The molecule has 0 saturated carbocycles. The summed E-state index contributed by atoms with van der Waals surface area (Å²) in [7, 11) is 0. The second-order valence-electron chi connectivity index (χ2n) is 9.91. The molecule has 0 spiro atoms. The summed E-state index contributed by atoms with van der Waals surface area (Å²) in [4.78, 5) is 35.9.